The van der Waals surface area contributed by atoms with Gasteiger partial charge in [0.05, 0.1) is 0 Å². The second-order valence-corrected chi connectivity index (χ2v) is 6.04. The van der Waals surface area contributed by atoms with E-state index in [1.54, 1.807) is 6.20 Å². The number of rotatable bonds is 2. The second-order valence-electron chi connectivity index (χ2n) is 5.68. The van der Waals surface area contributed by atoms with Crippen LogP contribution in [-0.2, 0) is 6.54 Å². The van der Waals surface area contributed by atoms with Crippen LogP contribution < -0.4 is 0 Å². The third-order valence-electron chi connectivity index (χ3n) is 4.57. The lowest BCUT2D eigenvalue weighted by Crippen LogP contribution is -2.46. The van der Waals surface area contributed by atoms with E-state index in [0.717, 1.165) is 18.5 Å². The average Bonchev–Trinajstić information content (AvgIpc) is 2.42. The van der Waals surface area contributed by atoms with Crippen molar-refractivity contribution in [1.29, 1.82) is 0 Å². The minimum absolute atomic E-state index is 0.676. The van der Waals surface area contributed by atoms with Crippen molar-refractivity contribution in [3.63, 3.8) is 0 Å². The number of piperidine rings is 1. The van der Waals surface area contributed by atoms with E-state index in [2.05, 4.69) is 16.0 Å². The summed E-state index contributed by atoms with van der Waals surface area (Å²) in [5.41, 5.74) is 1.19. The first kappa shape index (κ1) is 12.4. The maximum atomic E-state index is 6.18. The van der Waals surface area contributed by atoms with E-state index >= 15 is 0 Å². The van der Waals surface area contributed by atoms with E-state index in [4.69, 9.17) is 11.6 Å². The molecule has 0 N–H and O–H groups in total. The number of likely N-dealkylation sites (tertiary alicyclic amines) is 1. The highest BCUT2D eigenvalue weighted by atomic mass is 35.5. The lowest BCUT2D eigenvalue weighted by atomic mass is 9.78. The Balaban J connectivity index is 1.73. The van der Waals surface area contributed by atoms with Crippen molar-refractivity contribution in [2.45, 2.75) is 51.1 Å². The zero-order valence-corrected chi connectivity index (χ0v) is 11.6. The highest BCUT2D eigenvalue weighted by molar-refractivity contribution is 6.30. The predicted octanol–water partition coefficient (Wildman–Crippen LogP) is 3.89. The van der Waals surface area contributed by atoms with Gasteiger partial charge in [0, 0.05) is 24.3 Å². The number of pyridine rings is 1. The third kappa shape index (κ3) is 2.55. The normalized spacial score (nSPS) is 28.9. The highest BCUT2D eigenvalue weighted by Crippen LogP contribution is 2.36. The van der Waals surface area contributed by atoms with Crippen molar-refractivity contribution in [2.75, 3.05) is 6.54 Å². The Morgan fingerprint density at radius 1 is 1.22 bits per heavy atom. The van der Waals surface area contributed by atoms with Crippen LogP contribution in [0, 0.1) is 5.92 Å². The summed E-state index contributed by atoms with van der Waals surface area (Å²) in [7, 11) is 0. The first-order valence-corrected chi connectivity index (χ1v) is 7.56. The lowest BCUT2D eigenvalue weighted by molar-refractivity contribution is 0.0546. The molecule has 2 unspecified atom stereocenters. The Hall–Kier alpha value is -0.600. The molecule has 0 aromatic carbocycles. The van der Waals surface area contributed by atoms with Crippen molar-refractivity contribution in [3.05, 3.63) is 29.0 Å². The topological polar surface area (TPSA) is 16.1 Å². The molecule has 1 aromatic rings. The molecule has 2 atom stereocenters. The zero-order chi connectivity index (χ0) is 12.4. The van der Waals surface area contributed by atoms with Gasteiger partial charge in [0.25, 0.3) is 0 Å². The molecule has 0 bridgehead atoms. The molecule has 0 radical (unpaired) electrons. The average molecular weight is 265 g/mol. The van der Waals surface area contributed by atoms with Gasteiger partial charge >= 0.3 is 0 Å². The maximum Gasteiger partial charge on any atom is 0.133 e. The fraction of sp³-hybridized carbons (Fsp3) is 0.667. The van der Waals surface area contributed by atoms with Crippen molar-refractivity contribution in [2.24, 2.45) is 5.92 Å². The highest BCUT2D eigenvalue weighted by Gasteiger charge is 2.33. The van der Waals surface area contributed by atoms with Gasteiger partial charge in [-0.2, -0.15) is 0 Å². The zero-order valence-electron chi connectivity index (χ0n) is 10.8. The van der Waals surface area contributed by atoms with Crippen LogP contribution in [0.2, 0.25) is 5.15 Å². The molecule has 1 aromatic heterocycles. The van der Waals surface area contributed by atoms with Crippen LogP contribution in [0.5, 0.6) is 0 Å². The summed E-state index contributed by atoms with van der Waals surface area (Å²) in [4.78, 5) is 6.84. The molecule has 1 aliphatic heterocycles. The van der Waals surface area contributed by atoms with Gasteiger partial charge in [-0.3, -0.25) is 4.90 Å². The van der Waals surface area contributed by atoms with E-state index in [-0.39, 0.29) is 0 Å². The maximum absolute atomic E-state index is 6.18. The fourth-order valence-electron chi connectivity index (χ4n) is 3.68. The quantitative estimate of drug-likeness (QED) is 0.754. The molecule has 2 heterocycles. The van der Waals surface area contributed by atoms with Crippen LogP contribution in [-0.4, -0.2) is 22.5 Å². The van der Waals surface area contributed by atoms with Gasteiger partial charge in [-0.1, -0.05) is 30.5 Å². The summed E-state index contributed by atoms with van der Waals surface area (Å²) < 4.78 is 0. The summed E-state index contributed by atoms with van der Waals surface area (Å²) in [5, 5.41) is 0.676. The van der Waals surface area contributed by atoms with Crippen LogP contribution in [0.25, 0.3) is 0 Å². The van der Waals surface area contributed by atoms with Crippen molar-refractivity contribution >= 4 is 11.6 Å². The predicted molar refractivity (Wildman–Crippen MR) is 74.6 cm³/mol. The molecule has 18 heavy (non-hydrogen) atoms. The molecule has 2 aliphatic rings. The van der Waals surface area contributed by atoms with E-state index in [1.807, 2.05) is 6.07 Å². The Kier molecular flexibility index (Phi) is 3.86. The summed E-state index contributed by atoms with van der Waals surface area (Å²) in [6.07, 6.45) is 10.2. The summed E-state index contributed by atoms with van der Waals surface area (Å²) in [5.74, 6) is 0.933. The molecule has 1 saturated heterocycles. The number of hydrogen-bond acceptors (Lipinski definition) is 2. The van der Waals surface area contributed by atoms with Crippen LogP contribution in [0.15, 0.2) is 18.3 Å². The van der Waals surface area contributed by atoms with E-state index in [9.17, 15) is 0 Å². The fourth-order valence-corrected chi connectivity index (χ4v) is 3.86. The molecule has 3 heteroatoms. The Labute approximate surface area is 114 Å². The molecule has 2 nitrogen and oxygen atoms in total. The lowest BCUT2D eigenvalue weighted by Gasteiger charge is -2.44. The molecule has 1 aliphatic carbocycles. The van der Waals surface area contributed by atoms with Crippen molar-refractivity contribution < 1.29 is 0 Å². The molecular weight excluding hydrogens is 244 g/mol. The van der Waals surface area contributed by atoms with Gasteiger partial charge in [-0.05, 0) is 44.2 Å². The number of halogens is 1. The van der Waals surface area contributed by atoms with Gasteiger partial charge in [-0.15, -0.1) is 0 Å². The third-order valence-corrected chi connectivity index (χ3v) is 4.91. The van der Waals surface area contributed by atoms with Gasteiger partial charge in [0.15, 0.2) is 0 Å². The number of nitrogens with zero attached hydrogens (tertiary/aromatic N) is 2. The Morgan fingerprint density at radius 3 is 2.94 bits per heavy atom. The van der Waals surface area contributed by atoms with E-state index in [1.165, 1.54) is 50.6 Å². The van der Waals surface area contributed by atoms with Crippen LogP contribution in [0.3, 0.4) is 0 Å². The summed E-state index contributed by atoms with van der Waals surface area (Å²) in [6, 6.07) is 4.90. The summed E-state index contributed by atoms with van der Waals surface area (Å²) >= 11 is 6.18. The molecular formula is C15H21ClN2. The molecule has 98 valence electrons. The van der Waals surface area contributed by atoms with Gasteiger partial charge in [0.1, 0.15) is 5.15 Å². The molecule has 0 spiro atoms. The second kappa shape index (κ2) is 5.58. The monoisotopic (exact) mass is 264 g/mol. The molecule has 2 fully saturated rings. The van der Waals surface area contributed by atoms with E-state index < -0.39 is 0 Å². The molecule has 1 saturated carbocycles. The number of fused-ring (bicyclic) bond motifs is 1. The standard InChI is InChI=1S/C15H21ClN2/c16-15-13(6-3-9-17-15)11-18-10-4-7-12-5-1-2-8-14(12)18/h3,6,9,12,14H,1-2,4-5,7-8,10-11H2. The molecule has 3 rings (SSSR count). The molecule has 0 amide bonds. The van der Waals surface area contributed by atoms with Crippen LogP contribution in [0.4, 0.5) is 0 Å². The first-order valence-electron chi connectivity index (χ1n) is 7.18. The van der Waals surface area contributed by atoms with Crippen LogP contribution >= 0.6 is 11.6 Å². The van der Waals surface area contributed by atoms with Crippen molar-refractivity contribution in [3.8, 4) is 0 Å². The largest absolute Gasteiger partial charge is 0.296 e. The Bertz CT molecular complexity index is 405. The summed E-state index contributed by atoms with van der Waals surface area (Å²) in [6.45, 7) is 2.21. The van der Waals surface area contributed by atoms with Crippen molar-refractivity contribution in [1.82, 2.24) is 9.88 Å². The number of aromatic nitrogens is 1. The minimum Gasteiger partial charge on any atom is -0.296 e. The first-order chi connectivity index (χ1) is 8.84. The number of hydrogen-bond donors (Lipinski definition) is 0. The smallest absolute Gasteiger partial charge is 0.133 e. The Morgan fingerprint density at radius 2 is 2.06 bits per heavy atom. The van der Waals surface area contributed by atoms with Crippen LogP contribution in [0.1, 0.15) is 44.1 Å². The minimum atomic E-state index is 0.676. The van der Waals surface area contributed by atoms with Gasteiger partial charge in [-0.25, -0.2) is 4.98 Å². The SMILES string of the molecule is Clc1ncccc1CN1CCCC2CCCCC21. The van der Waals surface area contributed by atoms with Gasteiger partial charge in [0.2, 0.25) is 0 Å². The van der Waals surface area contributed by atoms with Gasteiger partial charge < -0.3 is 0 Å². The van der Waals surface area contributed by atoms with E-state index in [0.29, 0.717) is 5.15 Å².